The quantitative estimate of drug-likeness (QED) is 0.158. The zero-order valence-corrected chi connectivity index (χ0v) is 35.3. The average molecular weight is 823 g/mol. The van der Waals surface area contributed by atoms with Gasteiger partial charge in [0.2, 0.25) is 0 Å². The van der Waals surface area contributed by atoms with Gasteiger partial charge in [0.25, 0.3) is 0 Å². The second-order valence-corrected chi connectivity index (χ2v) is 17.5. The predicted octanol–water partition coefficient (Wildman–Crippen LogP) is 18.3. The van der Waals surface area contributed by atoms with E-state index < -0.39 is 0 Å². The molecule has 14 aromatic rings. The highest BCUT2D eigenvalue weighted by atomic mass is 16.3. The molecule has 1 heterocycles. The van der Waals surface area contributed by atoms with Crippen LogP contribution in [-0.4, -0.2) is 0 Å². The molecule has 1 heteroatoms. The lowest BCUT2D eigenvalue weighted by molar-refractivity contribution is 0.670. The van der Waals surface area contributed by atoms with Crippen molar-refractivity contribution in [1.82, 2.24) is 0 Å². The van der Waals surface area contributed by atoms with Gasteiger partial charge >= 0.3 is 0 Å². The Balaban J connectivity index is 1.13. The summed E-state index contributed by atoms with van der Waals surface area (Å²) in [6, 6.07) is 85.1. The van der Waals surface area contributed by atoms with Gasteiger partial charge in [-0.25, -0.2) is 0 Å². The third kappa shape index (κ3) is 5.40. The average Bonchev–Trinajstić information content (AvgIpc) is 3.76. The summed E-state index contributed by atoms with van der Waals surface area (Å²) in [7, 11) is 0. The zero-order chi connectivity index (χ0) is 42.6. The van der Waals surface area contributed by atoms with Crippen LogP contribution in [0.3, 0.4) is 0 Å². The zero-order valence-electron chi connectivity index (χ0n) is 35.3. The number of hydrogen-bond donors (Lipinski definition) is 0. The van der Waals surface area contributed by atoms with Crippen LogP contribution in [0.1, 0.15) is 0 Å². The first-order valence-corrected chi connectivity index (χ1v) is 22.5. The summed E-state index contributed by atoms with van der Waals surface area (Å²) in [5.41, 5.74) is 13.8. The van der Waals surface area contributed by atoms with Crippen molar-refractivity contribution in [2.75, 3.05) is 0 Å². The number of furan rings is 1. The van der Waals surface area contributed by atoms with Crippen molar-refractivity contribution in [2.45, 2.75) is 0 Å². The minimum Gasteiger partial charge on any atom is -0.455 e. The Morgan fingerprint density at radius 1 is 0.215 bits per heavy atom. The van der Waals surface area contributed by atoms with Crippen LogP contribution >= 0.6 is 0 Å². The monoisotopic (exact) mass is 822 g/mol. The predicted molar refractivity (Wildman–Crippen MR) is 277 cm³/mol. The molecule has 0 atom stereocenters. The number of fused-ring (bicyclic) bond motifs is 6. The summed E-state index contributed by atoms with van der Waals surface area (Å²) in [5, 5.41) is 17.3. The summed E-state index contributed by atoms with van der Waals surface area (Å²) in [6.45, 7) is 0. The maximum absolute atomic E-state index is 6.60. The number of para-hydroxylation sites is 2. The van der Waals surface area contributed by atoms with Crippen LogP contribution < -0.4 is 0 Å². The Morgan fingerprint density at radius 2 is 0.585 bits per heavy atom. The van der Waals surface area contributed by atoms with E-state index in [1.165, 1.54) is 109 Å². The van der Waals surface area contributed by atoms with Crippen LogP contribution in [0.25, 0.3) is 142 Å². The molecule has 0 unspecified atom stereocenters. The van der Waals surface area contributed by atoms with Crippen molar-refractivity contribution in [3.8, 4) is 55.6 Å². The van der Waals surface area contributed by atoms with Gasteiger partial charge in [-0.2, -0.15) is 0 Å². The van der Waals surface area contributed by atoms with Crippen LogP contribution in [-0.2, 0) is 0 Å². The van der Waals surface area contributed by atoms with Gasteiger partial charge in [0.05, 0.1) is 0 Å². The van der Waals surface area contributed by atoms with E-state index in [4.69, 9.17) is 4.42 Å². The summed E-state index contributed by atoms with van der Waals surface area (Å²) in [6.07, 6.45) is 0. The standard InChI is InChI=1S/C64H38O/c1-4-22-44-39(14-1)17-10-27-48(44)58-37-57(43-21-9-20-42(36-43)47-26-13-30-56-51-25-7-8-31-61(51)65-64(47)56)52-32-33-54-59(49-28-11-18-40-15-2-5-23-45(40)49)38-60(55-35-34-53(58)62(52)63(54)55)50-29-12-19-41-16-3-6-24-46(41)50/h1-38H. The number of benzene rings is 13. The third-order valence-corrected chi connectivity index (χ3v) is 14.0. The fourth-order valence-corrected chi connectivity index (χ4v) is 11.1. The van der Waals surface area contributed by atoms with Gasteiger partial charge in [-0.05, 0) is 139 Å². The molecule has 0 radical (unpaired) electrons. The maximum atomic E-state index is 6.60. The van der Waals surface area contributed by atoms with E-state index in [0.29, 0.717) is 0 Å². The molecule has 14 rings (SSSR count). The first kappa shape index (κ1) is 36.0. The van der Waals surface area contributed by atoms with Gasteiger partial charge in [-0.1, -0.05) is 206 Å². The molecule has 0 aliphatic heterocycles. The molecule has 1 nitrogen and oxygen atoms in total. The fraction of sp³-hybridized carbons (Fsp3) is 0. The topological polar surface area (TPSA) is 13.1 Å². The minimum absolute atomic E-state index is 0.906. The van der Waals surface area contributed by atoms with Crippen LogP contribution in [0, 0.1) is 0 Å². The third-order valence-electron chi connectivity index (χ3n) is 14.0. The molecule has 1 aromatic heterocycles. The largest absolute Gasteiger partial charge is 0.455 e. The Bertz CT molecular complexity index is 4130. The highest BCUT2D eigenvalue weighted by molar-refractivity contribution is 6.33. The van der Waals surface area contributed by atoms with Crippen LogP contribution in [0.15, 0.2) is 235 Å². The van der Waals surface area contributed by atoms with Gasteiger partial charge in [-0.3, -0.25) is 0 Å². The normalized spacial score (nSPS) is 12.0. The van der Waals surface area contributed by atoms with E-state index in [1.54, 1.807) is 0 Å². The van der Waals surface area contributed by atoms with Crippen LogP contribution in [0.5, 0.6) is 0 Å². The SMILES string of the molecule is c1cc(-c2cc(-c3cccc4ccccc34)c3ccc4c(-c5cccc6ccccc56)cc(-c5cccc6ccccc56)c5ccc2c3c54)cc(-c2cccc3c2oc2ccccc23)c1. The fourth-order valence-electron chi connectivity index (χ4n) is 11.1. The highest BCUT2D eigenvalue weighted by Crippen LogP contribution is 2.51. The summed E-state index contributed by atoms with van der Waals surface area (Å²) >= 11 is 0. The van der Waals surface area contributed by atoms with Crippen molar-refractivity contribution in [3.05, 3.63) is 231 Å². The Hall–Kier alpha value is -8.52. The van der Waals surface area contributed by atoms with Crippen molar-refractivity contribution in [3.63, 3.8) is 0 Å². The molecule has 0 aliphatic rings. The maximum Gasteiger partial charge on any atom is 0.143 e. The highest BCUT2D eigenvalue weighted by Gasteiger charge is 2.23. The molecule has 0 N–H and O–H groups in total. The molecule has 0 aliphatic carbocycles. The molecule has 0 bridgehead atoms. The molecule has 0 amide bonds. The van der Waals surface area contributed by atoms with Crippen molar-refractivity contribution >= 4 is 86.6 Å². The van der Waals surface area contributed by atoms with E-state index in [0.717, 1.165) is 33.1 Å². The molecule has 0 saturated heterocycles. The Labute approximate surface area is 375 Å². The Kier molecular flexibility index (Phi) is 7.75. The minimum atomic E-state index is 0.906. The van der Waals surface area contributed by atoms with Gasteiger partial charge in [0, 0.05) is 16.3 Å². The first-order valence-electron chi connectivity index (χ1n) is 22.5. The van der Waals surface area contributed by atoms with E-state index in [9.17, 15) is 0 Å². The first-order chi connectivity index (χ1) is 32.2. The van der Waals surface area contributed by atoms with E-state index in [2.05, 4.69) is 224 Å². The second kappa shape index (κ2) is 14.0. The lowest BCUT2D eigenvalue weighted by atomic mass is 9.80. The second-order valence-electron chi connectivity index (χ2n) is 17.5. The molecule has 65 heavy (non-hydrogen) atoms. The summed E-state index contributed by atoms with van der Waals surface area (Å²) < 4.78 is 6.60. The number of rotatable bonds is 5. The summed E-state index contributed by atoms with van der Waals surface area (Å²) in [5.74, 6) is 0. The Morgan fingerprint density at radius 3 is 1.12 bits per heavy atom. The van der Waals surface area contributed by atoms with Gasteiger partial charge < -0.3 is 4.42 Å². The van der Waals surface area contributed by atoms with E-state index in [1.807, 2.05) is 6.07 Å². The van der Waals surface area contributed by atoms with Crippen molar-refractivity contribution in [1.29, 1.82) is 0 Å². The van der Waals surface area contributed by atoms with Crippen molar-refractivity contribution in [2.24, 2.45) is 0 Å². The van der Waals surface area contributed by atoms with Crippen LogP contribution in [0.2, 0.25) is 0 Å². The molecule has 300 valence electrons. The molecular formula is C64H38O. The molecule has 0 fully saturated rings. The lowest BCUT2D eigenvalue weighted by Crippen LogP contribution is -1.95. The molecule has 13 aromatic carbocycles. The molecule has 0 spiro atoms. The summed E-state index contributed by atoms with van der Waals surface area (Å²) in [4.78, 5) is 0. The van der Waals surface area contributed by atoms with E-state index >= 15 is 0 Å². The van der Waals surface area contributed by atoms with Crippen LogP contribution in [0.4, 0.5) is 0 Å². The van der Waals surface area contributed by atoms with Crippen molar-refractivity contribution < 1.29 is 4.42 Å². The molecular weight excluding hydrogens is 785 g/mol. The van der Waals surface area contributed by atoms with E-state index in [-0.39, 0.29) is 0 Å². The van der Waals surface area contributed by atoms with Gasteiger partial charge in [0.15, 0.2) is 0 Å². The number of hydrogen-bond acceptors (Lipinski definition) is 1. The van der Waals surface area contributed by atoms with Gasteiger partial charge in [0.1, 0.15) is 11.2 Å². The molecule has 0 saturated carbocycles. The lowest BCUT2D eigenvalue weighted by Gasteiger charge is -2.23. The smallest absolute Gasteiger partial charge is 0.143 e. The van der Waals surface area contributed by atoms with Gasteiger partial charge in [-0.15, -0.1) is 0 Å².